The molecule has 21 heavy (non-hydrogen) atoms. The van der Waals surface area contributed by atoms with Crippen molar-refractivity contribution in [3.63, 3.8) is 0 Å². The molecule has 0 bridgehead atoms. The third-order valence-electron chi connectivity index (χ3n) is 2.73. The number of nitriles is 1. The Balaban J connectivity index is 2.64. The van der Waals surface area contributed by atoms with Gasteiger partial charge in [-0.1, -0.05) is 13.8 Å². The van der Waals surface area contributed by atoms with Crippen LogP contribution in [0.2, 0.25) is 0 Å². The van der Waals surface area contributed by atoms with E-state index in [1.807, 2.05) is 0 Å². The van der Waals surface area contributed by atoms with Gasteiger partial charge in [-0.05, 0) is 18.2 Å². The van der Waals surface area contributed by atoms with Crippen LogP contribution in [-0.2, 0) is 11.0 Å². The molecule has 2 N–H and O–H groups in total. The fraction of sp³-hybridized carbons (Fsp3) is 0.429. The zero-order valence-electron chi connectivity index (χ0n) is 11.7. The highest BCUT2D eigenvalue weighted by Crippen LogP contribution is 2.31. The number of carbonyl (C=O) groups is 1. The predicted octanol–water partition coefficient (Wildman–Crippen LogP) is 2.76. The summed E-state index contributed by atoms with van der Waals surface area (Å²) in [5.74, 6) is -0.240. The van der Waals surface area contributed by atoms with Crippen LogP contribution < -0.4 is 10.6 Å². The minimum atomic E-state index is -4.48. The van der Waals surface area contributed by atoms with Crippen LogP contribution in [0.4, 0.5) is 18.9 Å². The van der Waals surface area contributed by atoms with Gasteiger partial charge in [0.25, 0.3) is 0 Å². The monoisotopic (exact) mass is 299 g/mol. The van der Waals surface area contributed by atoms with Gasteiger partial charge < -0.3 is 10.6 Å². The lowest BCUT2D eigenvalue weighted by Crippen LogP contribution is -2.31. The Morgan fingerprint density at radius 2 is 2.00 bits per heavy atom. The molecule has 0 aliphatic rings. The van der Waals surface area contributed by atoms with Crippen molar-refractivity contribution in [1.29, 1.82) is 5.26 Å². The molecule has 1 rings (SSSR count). The van der Waals surface area contributed by atoms with Crippen LogP contribution in [0.3, 0.4) is 0 Å². The Labute approximate surface area is 121 Å². The molecule has 0 aliphatic carbocycles. The third-order valence-corrected chi connectivity index (χ3v) is 2.73. The number of benzene rings is 1. The summed E-state index contributed by atoms with van der Waals surface area (Å²) in [5.41, 5.74) is -0.637. The lowest BCUT2D eigenvalue weighted by molar-refractivity contribution is -0.137. The average Bonchev–Trinajstić information content (AvgIpc) is 2.42. The van der Waals surface area contributed by atoms with Crippen molar-refractivity contribution >= 4 is 11.6 Å². The average molecular weight is 299 g/mol. The Bertz CT molecular complexity index is 547. The van der Waals surface area contributed by atoms with Crippen LogP contribution in [0.25, 0.3) is 0 Å². The molecule has 0 heterocycles. The number of rotatable bonds is 5. The van der Waals surface area contributed by atoms with Gasteiger partial charge in [0, 0.05) is 19.0 Å². The zero-order chi connectivity index (χ0) is 16.0. The molecule has 114 valence electrons. The first-order valence-corrected chi connectivity index (χ1v) is 6.38. The van der Waals surface area contributed by atoms with Crippen molar-refractivity contribution in [1.82, 2.24) is 5.32 Å². The number of hydrogen-bond donors (Lipinski definition) is 2. The number of hydrogen-bond acceptors (Lipinski definition) is 3. The first-order chi connectivity index (χ1) is 9.75. The highest BCUT2D eigenvalue weighted by molar-refractivity contribution is 5.77. The predicted molar refractivity (Wildman–Crippen MR) is 72.5 cm³/mol. The molecular weight excluding hydrogens is 283 g/mol. The summed E-state index contributed by atoms with van der Waals surface area (Å²) in [6, 6.07) is 4.65. The molecule has 0 spiro atoms. The summed E-state index contributed by atoms with van der Waals surface area (Å²) in [6.45, 7) is 4.15. The van der Waals surface area contributed by atoms with Crippen molar-refractivity contribution in [3.8, 4) is 6.07 Å². The lowest BCUT2D eigenvalue weighted by atomic mass is 10.1. The molecule has 1 aromatic rings. The molecule has 0 aliphatic heterocycles. The van der Waals surface area contributed by atoms with Crippen molar-refractivity contribution in [2.24, 2.45) is 5.92 Å². The fourth-order valence-electron chi connectivity index (χ4n) is 1.55. The Kier molecular flexibility index (Phi) is 5.59. The van der Waals surface area contributed by atoms with Crippen LogP contribution in [0.15, 0.2) is 18.2 Å². The maximum Gasteiger partial charge on any atom is 0.416 e. The largest absolute Gasteiger partial charge is 0.416 e. The fourth-order valence-corrected chi connectivity index (χ4v) is 1.55. The van der Waals surface area contributed by atoms with Crippen molar-refractivity contribution in [2.45, 2.75) is 20.0 Å². The van der Waals surface area contributed by atoms with Crippen LogP contribution in [0, 0.1) is 17.2 Å². The summed E-state index contributed by atoms with van der Waals surface area (Å²) in [4.78, 5) is 11.3. The second kappa shape index (κ2) is 6.97. The van der Waals surface area contributed by atoms with Gasteiger partial charge in [-0.2, -0.15) is 18.4 Å². The minimum Gasteiger partial charge on any atom is -0.382 e. The smallest absolute Gasteiger partial charge is 0.382 e. The van der Waals surface area contributed by atoms with Gasteiger partial charge in [-0.15, -0.1) is 0 Å². The molecule has 0 radical (unpaired) electrons. The van der Waals surface area contributed by atoms with Crippen LogP contribution in [0.5, 0.6) is 0 Å². The van der Waals surface area contributed by atoms with Gasteiger partial charge in [0.2, 0.25) is 5.91 Å². The first-order valence-electron chi connectivity index (χ1n) is 6.38. The van der Waals surface area contributed by atoms with E-state index in [0.29, 0.717) is 18.8 Å². The van der Waals surface area contributed by atoms with E-state index in [1.54, 1.807) is 19.9 Å². The van der Waals surface area contributed by atoms with E-state index in [4.69, 9.17) is 5.26 Å². The van der Waals surface area contributed by atoms with Gasteiger partial charge in [0.1, 0.15) is 6.07 Å². The normalized spacial score (nSPS) is 11.1. The summed E-state index contributed by atoms with van der Waals surface area (Å²) < 4.78 is 37.6. The Hall–Kier alpha value is -2.23. The SMILES string of the molecule is CC(C)C(=O)NCCNc1ccc(C(F)(F)F)cc1C#N. The lowest BCUT2D eigenvalue weighted by Gasteiger charge is -2.12. The highest BCUT2D eigenvalue weighted by atomic mass is 19.4. The van der Waals surface area contributed by atoms with Gasteiger partial charge >= 0.3 is 6.18 Å². The maximum absolute atomic E-state index is 12.5. The molecule has 0 atom stereocenters. The molecule has 1 amide bonds. The van der Waals surface area contributed by atoms with E-state index in [-0.39, 0.29) is 17.4 Å². The van der Waals surface area contributed by atoms with E-state index in [1.165, 1.54) is 6.07 Å². The molecule has 0 saturated carbocycles. The number of nitrogens with zero attached hydrogens (tertiary/aromatic N) is 1. The number of nitrogens with one attached hydrogen (secondary N) is 2. The van der Waals surface area contributed by atoms with Crippen LogP contribution in [-0.4, -0.2) is 19.0 Å². The quantitative estimate of drug-likeness (QED) is 0.822. The summed E-state index contributed by atoms with van der Waals surface area (Å²) in [6.07, 6.45) is -4.48. The summed E-state index contributed by atoms with van der Waals surface area (Å²) in [5, 5.41) is 14.4. The summed E-state index contributed by atoms with van der Waals surface area (Å²) >= 11 is 0. The van der Waals surface area contributed by atoms with Crippen molar-refractivity contribution in [2.75, 3.05) is 18.4 Å². The van der Waals surface area contributed by atoms with E-state index in [0.717, 1.165) is 12.1 Å². The number of alkyl halides is 3. The number of amides is 1. The number of halogens is 3. The second-order valence-corrected chi connectivity index (χ2v) is 4.74. The van der Waals surface area contributed by atoms with E-state index < -0.39 is 11.7 Å². The molecule has 1 aromatic carbocycles. The molecule has 7 heteroatoms. The third kappa shape index (κ3) is 4.99. The second-order valence-electron chi connectivity index (χ2n) is 4.74. The van der Waals surface area contributed by atoms with Crippen LogP contribution in [0.1, 0.15) is 25.0 Å². The molecule has 0 aromatic heterocycles. The molecule has 0 unspecified atom stereocenters. The molecule has 4 nitrogen and oxygen atoms in total. The van der Waals surface area contributed by atoms with E-state index in [9.17, 15) is 18.0 Å². The number of carbonyl (C=O) groups excluding carboxylic acids is 1. The van der Waals surface area contributed by atoms with E-state index >= 15 is 0 Å². The van der Waals surface area contributed by atoms with Gasteiger partial charge in [-0.3, -0.25) is 4.79 Å². The highest BCUT2D eigenvalue weighted by Gasteiger charge is 2.31. The molecule has 0 fully saturated rings. The number of anilines is 1. The topological polar surface area (TPSA) is 64.9 Å². The molecule has 0 saturated heterocycles. The van der Waals surface area contributed by atoms with E-state index in [2.05, 4.69) is 10.6 Å². The van der Waals surface area contributed by atoms with Gasteiger partial charge in [0.15, 0.2) is 0 Å². The van der Waals surface area contributed by atoms with Crippen molar-refractivity contribution < 1.29 is 18.0 Å². The molecular formula is C14H16F3N3O. The van der Waals surface area contributed by atoms with Crippen LogP contribution >= 0.6 is 0 Å². The first kappa shape index (κ1) is 16.8. The summed E-state index contributed by atoms with van der Waals surface area (Å²) in [7, 11) is 0. The van der Waals surface area contributed by atoms with Crippen molar-refractivity contribution in [3.05, 3.63) is 29.3 Å². The maximum atomic E-state index is 12.5. The van der Waals surface area contributed by atoms with Gasteiger partial charge in [-0.25, -0.2) is 0 Å². The minimum absolute atomic E-state index is 0.0833. The van der Waals surface area contributed by atoms with Gasteiger partial charge in [0.05, 0.1) is 16.8 Å². The standard InChI is InChI=1S/C14H16F3N3O/c1-9(2)13(21)20-6-5-19-12-4-3-11(14(15,16)17)7-10(12)8-18/h3-4,7,9,19H,5-6H2,1-2H3,(H,20,21). The zero-order valence-corrected chi connectivity index (χ0v) is 11.7. The Morgan fingerprint density at radius 1 is 1.33 bits per heavy atom. The Morgan fingerprint density at radius 3 is 2.52 bits per heavy atom.